The molecule has 0 radical (unpaired) electrons. The fourth-order valence-corrected chi connectivity index (χ4v) is 4.48. The summed E-state index contributed by atoms with van der Waals surface area (Å²) in [5, 5.41) is 0. The molecule has 0 aliphatic heterocycles. The number of carbonyl (C=O) groups is 1. The van der Waals surface area contributed by atoms with Crippen LogP contribution in [0.4, 0.5) is 0 Å². The number of rotatable bonds is 9. The minimum atomic E-state index is -3.81. The first-order valence-corrected chi connectivity index (χ1v) is 10.2. The second kappa shape index (κ2) is 8.76. The number of ether oxygens (including phenoxy) is 1. The Morgan fingerprint density at radius 1 is 1.24 bits per heavy atom. The van der Waals surface area contributed by atoms with Gasteiger partial charge in [0.1, 0.15) is 4.88 Å². The fourth-order valence-electron chi connectivity index (χ4n) is 1.93. The Balaban J connectivity index is 2.40. The molecule has 0 amide bonds. The Kier molecular flexibility index (Phi) is 7.70. The summed E-state index contributed by atoms with van der Waals surface area (Å²) in [4.78, 5) is 12.6. The second-order valence-electron chi connectivity index (χ2n) is 4.87. The van der Waals surface area contributed by atoms with Gasteiger partial charge in [-0.2, -0.15) is 0 Å². The van der Waals surface area contributed by atoms with Crippen molar-refractivity contribution in [3.05, 3.63) is 15.8 Å². The molecule has 1 aromatic heterocycles. The number of unbranched alkanes of at least 4 members (excludes halogenated alkanes) is 5. The van der Waals surface area contributed by atoms with Crippen LogP contribution in [0.2, 0.25) is 0 Å². The lowest BCUT2D eigenvalue weighted by molar-refractivity contribution is 0.0503. The zero-order valence-electron chi connectivity index (χ0n) is 12.4. The van der Waals surface area contributed by atoms with Gasteiger partial charge in [-0.05, 0) is 19.4 Å². The molecule has 1 rings (SSSR count). The van der Waals surface area contributed by atoms with Crippen molar-refractivity contribution in [2.75, 3.05) is 6.61 Å². The first-order chi connectivity index (χ1) is 9.86. The van der Waals surface area contributed by atoms with Gasteiger partial charge in [0.15, 0.2) is 0 Å². The lowest BCUT2D eigenvalue weighted by Crippen LogP contribution is -2.04. The first kappa shape index (κ1) is 18.5. The lowest BCUT2D eigenvalue weighted by atomic mass is 10.1. The standard InChI is InChI=1S/C14H21ClO4S2/c1-3-4-5-6-7-8-9-19-14(16)12-10-13(11(2)20-12)21(15,17)18/h10H,3-9H2,1-2H3. The third-order valence-corrected chi connectivity index (χ3v) is 5.67. The van der Waals surface area contributed by atoms with Crippen LogP contribution in [0.15, 0.2) is 11.0 Å². The van der Waals surface area contributed by atoms with E-state index in [4.69, 9.17) is 15.4 Å². The van der Waals surface area contributed by atoms with E-state index >= 15 is 0 Å². The quantitative estimate of drug-likeness (QED) is 0.373. The number of aryl methyl sites for hydroxylation is 1. The van der Waals surface area contributed by atoms with Crippen LogP contribution in [0, 0.1) is 6.92 Å². The van der Waals surface area contributed by atoms with E-state index in [2.05, 4.69) is 6.92 Å². The Morgan fingerprint density at radius 2 is 1.86 bits per heavy atom. The van der Waals surface area contributed by atoms with Crippen LogP contribution in [-0.4, -0.2) is 21.0 Å². The van der Waals surface area contributed by atoms with E-state index in [-0.39, 0.29) is 9.77 Å². The van der Waals surface area contributed by atoms with Gasteiger partial charge in [0.25, 0.3) is 9.05 Å². The van der Waals surface area contributed by atoms with Gasteiger partial charge in [-0.1, -0.05) is 39.0 Å². The predicted octanol–water partition coefficient (Wildman–Crippen LogP) is 4.50. The van der Waals surface area contributed by atoms with Crippen LogP contribution in [0.3, 0.4) is 0 Å². The maximum atomic E-state index is 11.8. The highest BCUT2D eigenvalue weighted by Crippen LogP contribution is 2.28. The average molecular weight is 353 g/mol. The Bertz CT molecular complexity index is 564. The molecule has 0 aliphatic rings. The summed E-state index contributed by atoms with van der Waals surface area (Å²) in [6.07, 6.45) is 6.69. The molecule has 0 aliphatic carbocycles. The summed E-state index contributed by atoms with van der Waals surface area (Å²) in [5.74, 6) is -0.483. The topological polar surface area (TPSA) is 60.4 Å². The fraction of sp³-hybridized carbons (Fsp3) is 0.643. The SMILES string of the molecule is CCCCCCCCOC(=O)c1cc(S(=O)(=O)Cl)c(C)s1. The molecule has 120 valence electrons. The minimum Gasteiger partial charge on any atom is -0.462 e. The van der Waals surface area contributed by atoms with E-state index in [1.165, 1.54) is 25.3 Å². The highest BCUT2D eigenvalue weighted by Gasteiger charge is 2.20. The van der Waals surface area contributed by atoms with Gasteiger partial charge in [-0.15, -0.1) is 11.3 Å². The Morgan fingerprint density at radius 3 is 2.43 bits per heavy atom. The summed E-state index contributed by atoms with van der Waals surface area (Å²) in [5.41, 5.74) is 0. The highest BCUT2D eigenvalue weighted by atomic mass is 35.7. The van der Waals surface area contributed by atoms with Crippen molar-refractivity contribution in [3.63, 3.8) is 0 Å². The molecular weight excluding hydrogens is 332 g/mol. The molecule has 4 nitrogen and oxygen atoms in total. The maximum absolute atomic E-state index is 11.8. The highest BCUT2D eigenvalue weighted by molar-refractivity contribution is 8.13. The molecule has 0 aromatic carbocycles. The molecule has 1 heterocycles. The van der Waals surface area contributed by atoms with Gasteiger partial charge >= 0.3 is 5.97 Å². The zero-order valence-corrected chi connectivity index (χ0v) is 14.7. The van der Waals surface area contributed by atoms with E-state index in [0.29, 0.717) is 11.5 Å². The van der Waals surface area contributed by atoms with Crippen LogP contribution >= 0.6 is 22.0 Å². The first-order valence-electron chi connectivity index (χ1n) is 7.08. The van der Waals surface area contributed by atoms with Gasteiger partial charge in [-0.3, -0.25) is 0 Å². The number of hydrogen-bond acceptors (Lipinski definition) is 5. The number of thiophene rings is 1. The number of hydrogen-bond donors (Lipinski definition) is 0. The minimum absolute atomic E-state index is 0.0133. The van der Waals surface area contributed by atoms with E-state index < -0.39 is 15.0 Å². The van der Waals surface area contributed by atoms with Gasteiger partial charge in [0.05, 0.1) is 11.5 Å². The van der Waals surface area contributed by atoms with E-state index in [9.17, 15) is 13.2 Å². The average Bonchev–Trinajstić information content (AvgIpc) is 2.79. The summed E-state index contributed by atoms with van der Waals surface area (Å²) in [6.45, 7) is 4.15. The molecule has 0 fully saturated rings. The van der Waals surface area contributed by atoms with Crippen LogP contribution in [0.1, 0.15) is 60.0 Å². The second-order valence-corrected chi connectivity index (χ2v) is 8.66. The van der Waals surface area contributed by atoms with Gasteiger partial charge in [0.2, 0.25) is 0 Å². The molecule has 0 unspecified atom stereocenters. The normalized spacial score (nSPS) is 11.6. The van der Waals surface area contributed by atoms with Crippen LogP contribution in [0.25, 0.3) is 0 Å². The number of carbonyl (C=O) groups excluding carboxylic acids is 1. The molecular formula is C14H21ClO4S2. The van der Waals surface area contributed by atoms with E-state index in [1.807, 2.05) is 0 Å². The van der Waals surface area contributed by atoms with Crippen LogP contribution < -0.4 is 0 Å². The van der Waals surface area contributed by atoms with E-state index in [1.54, 1.807) is 6.92 Å². The van der Waals surface area contributed by atoms with Gasteiger partial charge in [0, 0.05) is 15.6 Å². The molecule has 0 saturated carbocycles. The van der Waals surface area contributed by atoms with Crippen molar-refractivity contribution in [1.82, 2.24) is 0 Å². The maximum Gasteiger partial charge on any atom is 0.348 e. The van der Waals surface area contributed by atoms with Crippen molar-refractivity contribution in [3.8, 4) is 0 Å². The molecule has 0 N–H and O–H groups in total. The monoisotopic (exact) mass is 352 g/mol. The summed E-state index contributed by atoms with van der Waals surface area (Å²) in [7, 11) is 1.49. The summed E-state index contributed by atoms with van der Waals surface area (Å²) in [6, 6.07) is 1.28. The summed E-state index contributed by atoms with van der Waals surface area (Å²) >= 11 is 1.09. The third-order valence-electron chi connectivity index (χ3n) is 3.07. The molecule has 1 aromatic rings. The third kappa shape index (κ3) is 6.36. The van der Waals surface area contributed by atoms with Crippen LogP contribution in [-0.2, 0) is 13.8 Å². The largest absolute Gasteiger partial charge is 0.462 e. The molecule has 0 spiro atoms. The number of esters is 1. The van der Waals surface area contributed by atoms with Gasteiger partial charge in [-0.25, -0.2) is 13.2 Å². The summed E-state index contributed by atoms with van der Waals surface area (Å²) < 4.78 is 27.7. The number of halogens is 1. The van der Waals surface area contributed by atoms with Crippen molar-refractivity contribution in [1.29, 1.82) is 0 Å². The zero-order chi connectivity index (χ0) is 15.9. The molecule has 0 bridgehead atoms. The molecule has 7 heteroatoms. The van der Waals surface area contributed by atoms with E-state index in [0.717, 1.165) is 30.6 Å². The smallest absolute Gasteiger partial charge is 0.348 e. The lowest BCUT2D eigenvalue weighted by Gasteiger charge is -2.03. The predicted molar refractivity (Wildman–Crippen MR) is 85.8 cm³/mol. The van der Waals surface area contributed by atoms with Gasteiger partial charge < -0.3 is 4.74 Å². The molecule has 0 saturated heterocycles. The molecule has 21 heavy (non-hydrogen) atoms. The van der Waals surface area contributed by atoms with Crippen LogP contribution in [0.5, 0.6) is 0 Å². The molecule has 0 atom stereocenters. The Hall–Kier alpha value is -0.590. The van der Waals surface area contributed by atoms with Crippen molar-refractivity contribution in [2.45, 2.75) is 57.3 Å². The van der Waals surface area contributed by atoms with Crippen molar-refractivity contribution < 1.29 is 17.9 Å². The Labute approximate surface area is 134 Å². The van der Waals surface area contributed by atoms with Crippen molar-refractivity contribution >= 4 is 37.0 Å². The van der Waals surface area contributed by atoms with Crippen molar-refractivity contribution in [2.24, 2.45) is 0 Å².